The van der Waals surface area contributed by atoms with Crippen molar-refractivity contribution in [3.63, 3.8) is 0 Å². The zero-order valence-corrected chi connectivity index (χ0v) is 11.6. The highest BCUT2D eigenvalue weighted by Gasteiger charge is 2.35. The molecule has 2 aromatic rings. The monoisotopic (exact) mass is 296 g/mol. The van der Waals surface area contributed by atoms with Gasteiger partial charge in [-0.15, -0.1) is 0 Å². The van der Waals surface area contributed by atoms with Gasteiger partial charge in [0.2, 0.25) is 0 Å². The summed E-state index contributed by atoms with van der Waals surface area (Å²) >= 11 is 5.94. The Balaban J connectivity index is 2.00. The second kappa shape index (κ2) is 5.04. The highest BCUT2D eigenvalue weighted by molar-refractivity contribution is 6.52. The molecule has 1 amide bonds. The van der Waals surface area contributed by atoms with Crippen molar-refractivity contribution in [2.45, 2.75) is 6.54 Å². The molecule has 5 heteroatoms. The van der Waals surface area contributed by atoms with Crippen LogP contribution in [0.15, 0.2) is 42.5 Å². The molecule has 4 nitrogen and oxygen atoms in total. The Kier molecular flexibility index (Phi) is 3.20. The molecule has 0 N–H and O–H groups in total. The van der Waals surface area contributed by atoms with Crippen LogP contribution in [0.5, 0.6) is 0 Å². The van der Waals surface area contributed by atoms with Gasteiger partial charge in [0, 0.05) is 5.02 Å². The number of nitrogens with zero attached hydrogens (tertiary/aromatic N) is 2. The Bertz CT molecular complexity index is 808. The number of anilines is 1. The summed E-state index contributed by atoms with van der Waals surface area (Å²) in [6.45, 7) is 0.230. The smallest absolute Gasteiger partial charge is 0.299 e. The number of amides is 1. The number of fused-ring (bicyclic) bond motifs is 1. The van der Waals surface area contributed by atoms with Crippen LogP contribution in [-0.4, -0.2) is 11.7 Å². The molecule has 0 aliphatic carbocycles. The Hall–Kier alpha value is -2.64. The predicted molar refractivity (Wildman–Crippen MR) is 78.1 cm³/mol. The zero-order valence-electron chi connectivity index (χ0n) is 10.8. The average Bonchev–Trinajstić information content (AvgIpc) is 2.72. The Labute approximate surface area is 126 Å². The molecule has 0 bridgehead atoms. The second-order valence-corrected chi connectivity index (χ2v) is 5.13. The van der Waals surface area contributed by atoms with Gasteiger partial charge in [-0.05, 0) is 35.9 Å². The molecule has 0 fully saturated rings. The van der Waals surface area contributed by atoms with E-state index in [-0.39, 0.29) is 6.54 Å². The largest absolute Gasteiger partial charge is 0.300 e. The van der Waals surface area contributed by atoms with Crippen LogP contribution < -0.4 is 4.90 Å². The van der Waals surface area contributed by atoms with Crippen molar-refractivity contribution in [3.05, 3.63) is 64.2 Å². The van der Waals surface area contributed by atoms with Crippen LogP contribution in [0.25, 0.3) is 0 Å². The second-order valence-electron chi connectivity index (χ2n) is 4.69. The predicted octanol–water partition coefficient (Wildman–Crippen LogP) is 2.94. The van der Waals surface area contributed by atoms with E-state index in [4.69, 9.17) is 16.9 Å². The van der Waals surface area contributed by atoms with Crippen LogP contribution in [-0.2, 0) is 11.3 Å². The molecule has 102 valence electrons. The number of halogens is 1. The fraction of sp³-hybridized carbons (Fsp3) is 0.0625. The van der Waals surface area contributed by atoms with Crippen LogP contribution in [0.3, 0.4) is 0 Å². The molecule has 0 radical (unpaired) electrons. The quantitative estimate of drug-likeness (QED) is 0.801. The molecule has 1 aliphatic heterocycles. The van der Waals surface area contributed by atoms with Gasteiger partial charge in [-0.3, -0.25) is 9.59 Å². The Morgan fingerprint density at radius 1 is 1.14 bits per heavy atom. The number of nitriles is 1. The normalized spacial score (nSPS) is 13.2. The van der Waals surface area contributed by atoms with Crippen molar-refractivity contribution in [3.8, 4) is 6.07 Å². The molecule has 2 aromatic carbocycles. The highest BCUT2D eigenvalue weighted by atomic mass is 35.5. The molecule has 21 heavy (non-hydrogen) atoms. The first-order chi connectivity index (χ1) is 10.1. The molecule has 3 rings (SSSR count). The minimum Gasteiger partial charge on any atom is -0.300 e. The average molecular weight is 297 g/mol. The molecular formula is C16H9ClN2O2. The lowest BCUT2D eigenvalue weighted by atomic mass is 10.1. The van der Waals surface area contributed by atoms with Crippen molar-refractivity contribution in [2.24, 2.45) is 0 Å². The first kappa shape index (κ1) is 13.3. The standard InChI is InChI=1S/C16H9ClN2O2/c17-12-4-5-13-14(7-12)19(16(21)15(13)20)9-11-3-1-2-10(6-11)8-18/h1-7H,9H2. The number of hydrogen-bond donors (Lipinski definition) is 0. The van der Waals surface area contributed by atoms with E-state index < -0.39 is 11.7 Å². The number of ketones is 1. The summed E-state index contributed by atoms with van der Waals surface area (Å²) in [6.07, 6.45) is 0. The molecular weight excluding hydrogens is 288 g/mol. The van der Waals surface area contributed by atoms with Gasteiger partial charge in [0.05, 0.1) is 29.4 Å². The van der Waals surface area contributed by atoms with Crippen molar-refractivity contribution in [1.29, 1.82) is 5.26 Å². The van der Waals surface area contributed by atoms with Gasteiger partial charge in [0.1, 0.15) is 0 Å². The van der Waals surface area contributed by atoms with Crippen molar-refractivity contribution in [1.82, 2.24) is 0 Å². The van der Waals surface area contributed by atoms with E-state index in [0.717, 1.165) is 5.56 Å². The number of carbonyl (C=O) groups is 2. The van der Waals surface area contributed by atoms with Crippen molar-refractivity contribution in [2.75, 3.05) is 4.90 Å². The van der Waals surface area contributed by atoms with Crippen molar-refractivity contribution >= 4 is 29.0 Å². The van der Waals surface area contributed by atoms with Gasteiger partial charge in [-0.1, -0.05) is 23.7 Å². The molecule has 0 aromatic heterocycles. The molecule has 0 saturated heterocycles. The third kappa shape index (κ3) is 2.28. The maximum Gasteiger partial charge on any atom is 0.299 e. The fourth-order valence-electron chi connectivity index (χ4n) is 2.35. The molecule has 0 spiro atoms. The first-order valence-electron chi connectivity index (χ1n) is 6.25. The molecule has 1 heterocycles. The van der Waals surface area contributed by atoms with Crippen LogP contribution >= 0.6 is 11.6 Å². The van der Waals surface area contributed by atoms with Gasteiger partial charge in [0.25, 0.3) is 11.7 Å². The molecule has 1 aliphatic rings. The topological polar surface area (TPSA) is 61.2 Å². The zero-order chi connectivity index (χ0) is 15.0. The number of hydrogen-bond acceptors (Lipinski definition) is 3. The number of Topliss-reactive ketones (excluding diaryl/α,β-unsaturated/α-hetero) is 1. The van der Waals surface area contributed by atoms with Gasteiger partial charge in [-0.25, -0.2) is 0 Å². The third-order valence-corrected chi connectivity index (χ3v) is 3.57. The van der Waals surface area contributed by atoms with Crippen LogP contribution in [0.2, 0.25) is 5.02 Å². The lowest BCUT2D eigenvalue weighted by molar-refractivity contribution is -0.114. The van der Waals surface area contributed by atoms with Crippen molar-refractivity contribution < 1.29 is 9.59 Å². The summed E-state index contributed by atoms with van der Waals surface area (Å²) in [5.74, 6) is -1.10. The van der Waals surface area contributed by atoms with E-state index >= 15 is 0 Å². The van der Waals surface area contributed by atoms with E-state index in [2.05, 4.69) is 0 Å². The van der Waals surface area contributed by atoms with Crippen LogP contribution in [0, 0.1) is 11.3 Å². The van der Waals surface area contributed by atoms with Gasteiger partial charge >= 0.3 is 0 Å². The summed E-state index contributed by atoms with van der Waals surface area (Å²) < 4.78 is 0. The number of carbonyl (C=O) groups excluding carboxylic acids is 2. The number of benzene rings is 2. The Morgan fingerprint density at radius 2 is 1.95 bits per heavy atom. The molecule has 0 atom stereocenters. The summed E-state index contributed by atoms with van der Waals surface area (Å²) in [5, 5.41) is 9.37. The van der Waals surface area contributed by atoms with E-state index in [1.54, 1.807) is 42.5 Å². The number of rotatable bonds is 2. The summed E-state index contributed by atoms with van der Waals surface area (Å²) in [4.78, 5) is 25.4. The minimum atomic E-state index is -0.574. The maximum absolute atomic E-state index is 12.1. The van der Waals surface area contributed by atoms with Gasteiger partial charge < -0.3 is 4.90 Å². The van der Waals surface area contributed by atoms with E-state index in [1.165, 1.54) is 4.90 Å². The van der Waals surface area contributed by atoms with Gasteiger partial charge in [-0.2, -0.15) is 5.26 Å². The molecule has 0 unspecified atom stereocenters. The maximum atomic E-state index is 12.1. The lowest BCUT2D eigenvalue weighted by Crippen LogP contribution is -2.29. The van der Waals surface area contributed by atoms with Gasteiger partial charge in [0.15, 0.2) is 0 Å². The van der Waals surface area contributed by atoms with Crippen LogP contribution in [0.4, 0.5) is 5.69 Å². The lowest BCUT2D eigenvalue weighted by Gasteiger charge is -2.16. The van der Waals surface area contributed by atoms with E-state index in [0.29, 0.717) is 21.8 Å². The summed E-state index contributed by atoms with van der Waals surface area (Å²) in [6, 6.07) is 13.7. The third-order valence-electron chi connectivity index (χ3n) is 3.33. The summed E-state index contributed by atoms with van der Waals surface area (Å²) in [5.41, 5.74) is 2.17. The summed E-state index contributed by atoms with van der Waals surface area (Å²) in [7, 11) is 0. The highest BCUT2D eigenvalue weighted by Crippen LogP contribution is 2.32. The Morgan fingerprint density at radius 3 is 2.71 bits per heavy atom. The van der Waals surface area contributed by atoms with E-state index in [1.807, 2.05) is 6.07 Å². The van der Waals surface area contributed by atoms with Crippen LogP contribution in [0.1, 0.15) is 21.5 Å². The van der Waals surface area contributed by atoms with E-state index in [9.17, 15) is 9.59 Å². The molecule has 0 saturated carbocycles. The first-order valence-corrected chi connectivity index (χ1v) is 6.63. The minimum absolute atomic E-state index is 0.230. The SMILES string of the molecule is N#Cc1cccc(CN2C(=O)C(=O)c3ccc(Cl)cc32)c1. The fourth-order valence-corrected chi connectivity index (χ4v) is 2.51.